The molecule has 0 aliphatic carbocycles. The molecule has 0 saturated carbocycles. The maximum Gasteiger partial charge on any atom is 0.256 e. The van der Waals surface area contributed by atoms with Gasteiger partial charge in [0.1, 0.15) is 0 Å². The molecule has 2 aromatic carbocycles. The van der Waals surface area contributed by atoms with Gasteiger partial charge in [-0.05, 0) is 65.1 Å². The van der Waals surface area contributed by atoms with Crippen molar-refractivity contribution in [2.75, 3.05) is 5.32 Å². The summed E-state index contributed by atoms with van der Waals surface area (Å²) in [6, 6.07) is 12.1. The van der Waals surface area contributed by atoms with Crippen molar-refractivity contribution in [3.05, 3.63) is 61.6 Å². The predicted octanol–water partition coefficient (Wildman–Crippen LogP) is 4.85. The molecule has 2 nitrogen and oxygen atoms in total. The van der Waals surface area contributed by atoms with Gasteiger partial charge in [0.2, 0.25) is 0 Å². The Labute approximate surface area is 128 Å². The van der Waals surface area contributed by atoms with E-state index in [2.05, 4.69) is 27.9 Å². The highest BCUT2D eigenvalue weighted by Gasteiger charge is 2.10. The quantitative estimate of drug-likeness (QED) is 0.728. The van der Waals surface area contributed by atoms with Crippen LogP contribution in [0.2, 0.25) is 10.0 Å². The summed E-state index contributed by atoms with van der Waals surface area (Å²) in [4.78, 5) is 12.1. The zero-order valence-corrected chi connectivity index (χ0v) is 12.8. The second-order valence-corrected chi connectivity index (χ2v) is 5.62. The fourth-order valence-corrected chi connectivity index (χ4v) is 2.28. The summed E-state index contributed by atoms with van der Waals surface area (Å²) >= 11 is 13.8. The Morgan fingerprint density at radius 2 is 1.61 bits per heavy atom. The second kappa shape index (κ2) is 5.91. The number of carbonyl (C=O) groups excluding carboxylic acids is 1. The van der Waals surface area contributed by atoms with Crippen LogP contribution in [0.5, 0.6) is 0 Å². The highest BCUT2D eigenvalue weighted by Crippen LogP contribution is 2.20. The number of hydrogen-bond acceptors (Lipinski definition) is 1. The van der Waals surface area contributed by atoms with Gasteiger partial charge in [-0.2, -0.15) is 0 Å². The predicted molar refractivity (Wildman–Crippen MR) is 83.6 cm³/mol. The fourth-order valence-electron chi connectivity index (χ4n) is 1.40. The molecule has 0 heterocycles. The summed E-state index contributed by atoms with van der Waals surface area (Å²) in [5, 5.41) is 3.96. The van der Waals surface area contributed by atoms with Gasteiger partial charge in [0, 0.05) is 19.3 Å². The Bertz CT molecular complexity index is 584. The number of amides is 1. The van der Waals surface area contributed by atoms with E-state index in [1.807, 2.05) is 0 Å². The van der Waals surface area contributed by atoms with Crippen molar-refractivity contribution in [2.45, 2.75) is 0 Å². The Balaban J connectivity index is 2.21. The third-order valence-electron chi connectivity index (χ3n) is 2.28. The summed E-state index contributed by atoms with van der Waals surface area (Å²) in [7, 11) is 0. The van der Waals surface area contributed by atoms with Gasteiger partial charge < -0.3 is 5.32 Å². The Morgan fingerprint density at radius 3 is 2.28 bits per heavy atom. The normalized spacial score (nSPS) is 10.2. The first kappa shape index (κ1) is 13.6. The van der Waals surface area contributed by atoms with E-state index >= 15 is 0 Å². The zero-order chi connectivity index (χ0) is 13.1. The molecule has 0 atom stereocenters. The van der Waals surface area contributed by atoms with E-state index in [4.69, 9.17) is 23.2 Å². The van der Waals surface area contributed by atoms with Gasteiger partial charge in [-0.25, -0.2) is 0 Å². The van der Waals surface area contributed by atoms with E-state index in [0.717, 1.165) is 3.57 Å². The standard InChI is InChI=1S/C13H8Cl2INO/c14-8-1-4-10(5-2-8)17-13(18)11-7-9(15)3-6-12(11)16/h1-7H,(H,17,18). The summed E-state index contributed by atoms with van der Waals surface area (Å²) in [6.07, 6.45) is 0. The molecular formula is C13H8Cl2INO. The minimum atomic E-state index is -0.191. The minimum Gasteiger partial charge on any atom is -0.322 e. The van der Waals surface area contributed by atoms with Crippen molar-refractivity contribution in [3.63, 3.8) is 0 Å². The molecule has 18 heavy (non-hydrogen) atoms. The molecule has 1 amide bonds. The Hall–Kier alpha value is -0.780. The molecule has 5 heteroatoms. The summed E-state index contributed by atoms with van der Waals surface area (Å²) in [5.74, 6) is -0.191. The summed E-state index contributed by atoms with van der Waals surface area (Å²) < 4.78 is 0.850. The lowest BCUT2D eigenvalue weighted by Gasteiger charge is -2.07. The molecule has 2 aromatic rings. The molecule has 0 aliphatic rings. The lowest BCUT2D eigenvalue weighted by atomic mass is 10.2. The second-order valence-electron chi connectivity index (χ2n) is 3.59. The van der Waals surface area contributed by atoms with Crippen molar-refractivity contribution in [1.82, 2.24) is 0 Å². The lowest BCUT2D eigenvalue weighted by molar-refractivity contribution is 0.102. The van der Waals surface area contributed by atoms with Crippen molar-refractivity contribution in [3.8, 4) is 0 Å². The van der Waals surface area contributed by atoms with Gasteiger partial charge >= 0.3 is 0 Å². The highest BCUT2D eigenvalue weighted by atomic mass is 127. The SMILES string of the molecule is O=C(Nc1ccc(Cl)cc1)c1cc(Cl)ccc1I. The van der Waals surface area contributed by atoms with Crippen molar-refractivity contribution >= 4 is 57.4 Å². The van der Waals surface area contributed by atoms with Gasteiger partial charge in [-0.1, -0.05) is 23.2 Å². The van der Waals surface area contributed by atoms with Gasteiger partial charge in [0.15, 0.2) is 0 Å². The van der Waals surface area contributed by atoms with Crippen LogP contribution >= 0.6 is 45.8 Å². The third kappa shape index (κ3) is 3.37. The largest absolute Gasteiger partial charge is 0.322 e. The van der Waals surface area contributed by atoms with Crippen LogP contribution in [0.3, 0.4) is 0 Å². The first-order chi connectivity index (χ1) is 8.56. The van der Waals surface area contributed by atoms with Gasteiger partial charge in [0.05, 0.1) is 5.56 Å². The van der Waals surface area contributed by atoms with E-state index in [0.29, 0.717) is 21.3 Å². The van der Waals surface area contributed by atoms with E-state index < -0.39 is 0 Å². The van der Waals surface area contributed by atoms with Crippen molar-refractivity contribution in [2.24, 2.45) is 0 Å². The van der Waals surface area contributed by atoms with Crippen LogP contribution in [-0.2, 0) is 0 Å². The van der Waals surface area contributed by atoms with Gasteiger partial charge in [0.25, 0.3) is 5.91 Å². The molecule has 0 spiro atoms. The van der Waals surface area contributed by atoms with Crippen LogP contribution < -0.4 is 5.32 Å². The van der Waals surface area contributed by atoms with Crippen LogP contribution in [0.15, 0.2) is 42.5 Å². The molecule has 1 N–H and O–H groups in total. The highest BCUT2D eigenvalue weighted by molar-refractivity contribution is 14.1. The molecule has 0 aromatic heterocycles. The Kier molecular flexibility index (Phi) is 4.48. The topological polar surface area (TPSA) is 29.1 Å². The monoisotopic (exact) mass is 391 g/mol. The maximum absolute atomic E-state index is 12.1. The van der Waals surface area contributed by atoms with E-state index in [1.54, 1.807) is 42.5 Å². The fraction of sp³-hybridized carbons (Fsp3) is 0. The third-order valence-corrected chi connectivity index (χ3v) is 3.70. The molecule has 0 fully saturated rings. The van der Waals surface area contributed by atoms with E-state index in [9.17, 15) is 4.79 Å². The van der Waals surface area contributed by atoms with Gasteiger partial charge in [-0.15, -0.1) is 0 Å². The zero-order valence-electron chi connectivity index (χ0n) is 9.08. The van der Waals surface area contributed by atoms with Gasteiger partial charge in [-0.3, -0.25) is 4.79 Å². The first-order valence-corrected chi connectivity index (χ1v) is 6.92. The average Bonchev–Trinajstić information content (AvgIpc) is 2.35. The Morgan fingerprint density at radius 1 is 1.00 bits per heavy atom. The van der Waals surface area contributed by atoms with Crippen LogP contribution in [0, 0.1) is 3.57 Å². The molecule has 0 bridgehead atoms. The average molecular weight is 392 g/mol. The van der Waals surface area contributed by atoms with Crippen LogP contribution in [0.1, 0.15) is 10.4 Å². The maximum atomic E-state index is 12.1. The molecule has 92 valence electrons. The van der Waals surface area contributed by atoms with Crippen LogP contribution in [0.4, 0.5) is 5.69 Å². The number of nitrogens with one attached hydrogen (secondary N) is 1. The molecule has 0 aliphatic heterocycles. The van der Waals surface area contributed by atoms with E-state index in [1.165, 1.54) is 0 Å². The smallest absolute Gasteiger partial charge is 0.256 e. The number of benzene rings is 2. The number of carbonyl (C=O) groups is 1. The molecule has 0 unspecified atom stereocenters. The minimum absolute atomic E-state index is 0.191. The lowest BCUT2D eigenvalue weighted by Crippen LogP contribution is -2.13. The molecule has 0 saturated heterocycles. The molecule has 0 radical (unpaired) electrons. The molecular weight excluding hydrogens is 384 g/mol. The number of halogens is 3. The first-order valence-electron chi connectivity index (χ1n) is 5.08. The summed E-state index contributed by atoms with van der Waals surface area (Å²) in [6.45, 7) is 0. The molecule has 2 rings (SSSR count). The van der Waals surface area contributed by atoms with Crippen LogP contribution in [-0.4, -0.2) is 5.91 Å². The van der Waals surface area contributed by atoms with Crippen molar-refractivity contribution in [1.29, 1.82) is 0 Å². The van der Waals surface area contributed by atoms with Crippen molar-refractivity contribution < 1.29 is 4.79 Å². The van der Waals surface area contributed by atoms with E-state index in [-0.39, 0.29) is 5.91 Å². The van der Waals surface area contributed by atoms with Crippen LogP contribution in [0.25, 0.3) is 0 Å². The number of hydrogen-bond donors (Lipinski definition) is 1. The number of rotatable bonds is 2. The number of anilines is 1. The summed E-state index contributed by atoms with van der Waals surface area (Å²) in [5.41, 5.74) is 1.25.